The van der Waals surface area contributed by atoms with Crippen LogP contribution in [0.1, 0.15) is 40.5 Å². The average Bonchev–Trinajstić information content (AvgIpc) is 2.41. The highest BCUT2D eigenvalue weighted by Gasteiger charge is 2.15. The first kappa shape index (κ1) is 18.3. The highest BCUT2D eigenvalue weighted by atomic mass is 32.2. The van der Waals surface area contributed by atoms with Crippen LogP contribution in [0.3, 0.4) is 0 Å². The molecule has 0 amide bonds. The van der Waals surface area contributed by atoms with Gasteiger partial charge in [0, 0.05) is 39.3 Å². The van der Waals surface area contributed by atoms with E-state index in [1.54, 1.807) is 0 Å². The second-order valence-electron chi connectivity index (χ2n) is 6.23. The van der Waals surface area contributed by atoms with E-state index < -0.39 is 0 Å². The van der Waals surface area contributed by atoms with Crippen LogP contribution in [0.25, 0.3) is 0 Å². The summed E-state index contributed by atoms with van der Waals surface area (Å²) in [6.45, 7) is 17.1. The molecule has 0 aromatic carbocycles. The van der Waals surface area contributed by atoms with Gasteiger partial charge in [-0.25, -0.2) is 0 Å². The fourth-order valence-electron chi connectivity index (χ4n) is 2.45. The molecule has 0 aliphatic carbocycles. The zero-order chi connectivity index (χ0) is 14.8. The van der Waals surface area contributed by atoms with Gasteiger partial charge in [0.2, 0.25) is 0 Å². The minimum atomic E-state index is 0.371. The Balaban J connectivity index is 1.97. The Morgan fingerprint density at radius 1 is 0.900 bits per heavy atom. The molecule has 0 saturated carbocycles. The third-order valence-corrected chi connectivity index (χ3v) is 4.80. The van der Waals surface area contributed by atoms with Gasteiger partial charge >= 0.3 is 0 Å². The maximum Gasteiger partial charge on any atom is 0.0518 e. The largest absolute Gasteiger partial charge is 0.379 e. The standard InChI is InChI=1S/C16H34N2OS/c1-15(2)19-13-5-7-17-9-11-18(12-10-17)8-6-14-20-16(3)4/h15-16H,5-14H2,1-4H3. The predicted octanol–water partition coefficient (Wildman–Crippen LogP) is 2.95. The topological polar surface area (TPSA) is 15.7 Å². The maximum absolute atomic E-state index is 5.60. The molecule has 0 atom stereocenters. The van der Waals surface area contributed by atoms with Crippen LogP contribution in [0.5, 0.6) is 0 Å². The fourth-order valence-corrected chi connectivity index (χ4v) is 3.22. The molecule has 4 heteroatoms. The summed E-state index contributed by atoms with van der Waals surface area (Å²) in [5.74, 6) is 1.31. The molecule has 0 aromatic heterocycles. The number of nitrogens with zero attached hydrogens (tertiary/aromatic N) is 2. The van der Waals surface area contributed by atoms with Crippen molar-refractivity contribution in [2.75, 3.05) is 51.6 Å². The van der Waals surface area contributed by atoms with Crippen molar-refractivity contribution >= 4 is 11.8 Å². The van der Waals surface area contributed by atoms with E-state index in [0.717, 1.165) is 11.9 Å². The van der Waals surface area contributed by atoms with E-state index in [4.69, 9.17) is 4.74 Å². The van der Waals surface area contributed by atoms with E-state index in [9.17, 15) is 0 Å². The molecule has 120 valence electrons. The summed E-state index contributed by atoms with van der Waals surface area (Å²) < 4.78 is 5.60. The molecule has 3 nitrogen and oxygen atoms in total. The van der Waals surface area contributed by atoms with Crippen LogP contribution >= 0.6 is 11.8 Å². The molecule has 0 spiro atoms. The van der Waals surface area contributed by atoms with Gasteiger partial charge in [-0.2, -0.15) is 11.8 Å². The molecular formula is C16H34N2OS. The van der Waals surface area contributed by atoms with Crippen molar-refractivity contribution in [1.82, 2.24) is 9.80 Å². The summed E-state index contributed by atoms with van der Waals surface area (Å²) in [7, 11) is 0. The van der Waals surface area contributed by atoms with E-state index in [2.05, 4.69) is 49.3 Å². The van der Waals surface area contributed by atoms with Gasteiger partial charge in [-0.1, -0.05) is 13.8 Å². The van der Waals surface area contributed by atoms with Crippen LogP contribution in [-0.4, -0.2) is 72.8 Å². The summed E-state index contributed by atoms with van der Waals surface area (Å²) in [5.41, 5.74) is 0. The Labute approximate surface area is 130 Å². The van der Waals surface area contributed by atoms with E-state index in [0.29, 0.717) is 6.10 Å². The Kier molecular flexibility index (Phi) is 9.95. The first-order valence-electron chi connectivity index (χ1n) is 8.26. The Morgan fingerprint density at radius 2 is 1.45 bits per heavy atom. The quantitative estimate of drug-likeness (QED) is 0.576. The van der Waals surface area contributed by atoms with Crippen LogP contribution in [0.4, 0.5) is 0 Å². The molecule has 1 fully saturated rings. The van der Waals surface area contributed by atoms with Crippen LogP contribution < -0.4 is 0 Å². The van der Waals surface area contributed by atoms with Crippen molar-refractivity contribution in [2.24, 2.45) is 0 Å². The van der Waals surface area contributed by atoms with Gasteiger partial charge in [0.25, 0.3) is 0 Å². The fraction of sp³-hybridized carbons (Fsp3) is 1.00. The van der Waals surface area contributed by atoms with E-state index in [1.165, 1.54) is 57.9 Å². The summed E-state index contributed by atoms with van der Waals surface area (Å²) in [4.78, 5) is 5.21. The van der Waals surface area contributed by atoms with Gasteiger partial charge in [-0.15, -0.1) is 0 Å². The molecule has 1 heterocycles. The van der Waals surface area contributed by atoms with Gasteiger partial charge in [0.1, 0.15) is 0 Å². The average molecular weight is 303 g/mol. The molecule has 0 unspecified atom stereocenters. The first-order valence-corrected chi connectivity index (χ1v) is 9.30. The second-order valence-corrected chi connectivity index (χ2v) is 7.91. The van der Waals surface area contributed by atoms with Gasteiger partial charge < -0.3 is 14.5 Å². The molecule has 1 rings (SSSR count). The van der Waals surface area contributed by atoms with Gasteiger partial charge in [-0.3, -0.25) is 0 Å². The Hall–Kier alpha value is 0.230. The highest BCUT2D eigenvalue weighted by molar-refractivity contribution is 7.99. The zero-order valence-corrected chi connectivity index (χ0v) is 14.8. The normalized spacial score (nSPS) is 18.3. The van der Waals surface area contributed by atoms with Gasteiger partial charge in [-0.05, 0) is 44.2 Å². The summed E-state index contributed by atoms with van der Waals surface area (Å²) in [6, 6.07) is 0. The van der Waals surface area contributed by atoms with E-state index in [1.807, 2.05) is 0 Å². The monoisotopic (exact) mass is 302 g/mol. The molecule has 20 heavy (non-hydrogen) atoms. The minimum Gasteiger partial charge on any atom is -0.379 e. The lowest BCUT2D eigenvalue weighted by molar-refractivity contribution is 0.0638. The van der Waals surface area contributed by atoms with Crippen molar-refractivity contribution in [3.8, 4) is 0 Å². The van der Waals surface area contributed by atoms with Crippen molar-refractivity contribution in [3.05, 3.63) is 0 Å². The van der Waals surface area contributed by atoms with Crippen molar-refractivity contribution < 1.29 is 4.74 Å². The lowest BCUT2D eigenvalue weighted by Gasteiger charge is -2.34. The van der Waals surface area contributed by atoms with Crippen LogP contribution in [0.15, 0.2) is 0 Å². The lowest BCUT2D eigenvalue weighted by Crippen LogP contribution is -2.47. The lowest BCUT2D eigenvalue weighted by atomic mass is 10.3. The maximum atomic E-state index is 5.60. The van der Waals surface area contributed by atoms with Gasteiger partial charge in [0.05, 0.1) is 6.10 Å². The number of rotatable bonds is 10. The summed E-state index contributed by atoms with van der Waals surface area (Å²) >= 11 is 2.09. The third-order valence-electron chi connectivity index (χ3n) is 3.60. The number of hydrogen-bond acceptors (Lipinski definition) is 4. The number of thioether (sulfide) groups is 1. The van der Waals surface area contributed by atoms with Crippen molar-refractivity contribution in [2.45, 2.75) is 51.9 Å². The van der Waals surface area contributed by atoms with Crippen LogP contribution in [-0.2, 0) is 4.74 Å². The molecule has 0 aromatic rings. The van der Waals surface area contributed by atoms with E-state index >= 15 is 0 Å². The summed E-state index contributed by atoms with van der Waals surface area (Å²) in [5, 5.41) is 0.778. The molecule has 0 radical (unpaired) electrons. The highest BCUT2D eigenvalue weighted by Crippen LogP contribution is 2.11. The van der Waals surface area contributed by atoms with Crippen LogP contribution in [0.2, 0.25) is 0 Å². The molecule has 1 aliphatic heterocycles. The molecular weight excluding hydrogens is 268 g/mol. The molecule has 0 bridgehead atoms. The third kappa shape index (κ3) is 9.22. The Morgan fingerprint density at radius 3 is 1.95 bits per heavy atom. The number of ether oxygens (including phenoxy) is 1. The summed E-state index contributed by atoms with van der Waals surface area (Å²) in [6.07, 6.45) is 2.88. The first-order chi connectivity index (χ1) is 9.58. The molecule has 1 aliphatic rings. The number of hydrogen-bond donors (Lipinski definition) is 0. The number of piperazine rings is 1. The van der Waals surface area contributed by atoms with E-state index in [-0.39, 0.29) is 0 Å². The second kappa shape index (κ2) is 10.9. The van der Waals surface area contributed by atoms with Gasteiger partial charge in [0.15, 0.2) is 0 Å². The SMILES string of the molecule is CC(C)OCCCN1CCN(CCCSC(C)C)CC1. The molecule has 1 saturated heterocycles. The van der Waals surface area contributed by atoms with Crippen molar-refractivity contribution in [3.63, 3.8) is 0 Å². The molecule has 0 N–H and O–H groups in total. The van der Waals surface area contributed by atoms with Crippen molar-refractivity contribution in [1.29, 1.82) is 0 Å². The van der Waals surface area contributed by atoms with Crippen LogP contribution in [0, 0.1) is 0 Å². The minimum absolute atomic E-state index is 0.371. The zero-order valence-electron chi connectivity index (χ0n) is 13.9. The smallest absolute Gasteiger partial charge is 0.0518 e. The predicted molar refractivity (Wildman–Crippen MR) is 90.8 cm³/mol. The Bertz CT molecular complexity index is 205.